The van der Waals surface area contributed by atoms with Crippen molar-refractivity contribution < 1.29 is 0 Å². The van der Waals surface area contributed by atoms with Crippen molar-refractivity contribution in [2.45, 2.75) is 123 Å². The Morgan fingerprint density at radius 1 is 0.327 bits per heavy atom. The molecule has 4 bridgehead atoms. The molecule has 0 saturated heterocycles. The summed E-state index contributed by atoms with van der Waals surface area (Å²) in [5.74, 6) is 0. The van der Waals surface area contributed by atoms with Crippen LogP contribution >= 0.6 is 22.7 Å². The van der Waals surface area contributed by atoms with Gasteiger partial charge >= 0.3 is 0 Å². The van der Waals surface area contributed by atoms with Gasteiger partial charge in [-0.1, -0.05) is 140 Å². The molecule has 6 aromatic rings. The summed E-state index contributed by atoms with van der Waals surface area (Å²) in [6.45, 7) is 29.1. The molecule has 4 aliphatic rings. The Morgan fingerprint density at radius 2 is 0.673 bits per heavy atom. The second-order valence-corrected chi connectivity index (χ2v) is 13.6. The third-order valence-electron chi connectivity index (χ3n) is 8.76. The molecule has 0 fully saturated rings. The van der Waals surface area contributed by atoms with Gasteiger partial charge in [-0.05, 0) is 167 Å². The molecule has 0 N–H and O–H groups in total. The SMILES string of the molecule is CC.CC.CC.CC.Cc1cc2ccc1CCc1ccc(c(C)c1)CC2.Cc1ccccc1-c1ccccc1C.Cc1cscc1-c1cscc1C. The van der Waals surface area contributed by atoms with E-state index in [4.69, 9.17) is 0 Å². The van der Waals surface area contributed by atoms with Crippen LogP contribution in [0, 0.1) is 41.5 Å². The predicted molar refractivity (Wildman–Crippen MR) is 241 cm³/mol. The van der Waals surface area contributed by atoms with Crippen molar-refractivity contribution in [3.8, 4) is 22.3 Å². The molecule has 2 heterocycles. The molecular formula is C50H68S2. The Bertz CT molecular complexity index is 1700. The number of aryl methyl sites for hydroxylation is 10. The summed E-state index contributed by atoms with van der Waals surface area (Å²) in [5.41, 5.74) is 19.8. The maximum atomic E-state index is 2.37. The van der Waals surface area contributed by atoms with Crippen molar-refractivity contribution in [1.29, 1.82) is 0 Å². The highest BCUT2D eigenvalue weighted by Crippen LogP contribution is 2.31. The molecule has 0 saturated carbocycles. The average Bonchev–Trinajstić information content (AvgIpc) is 3.81. The van der Waals surface area contributed by atoms with Gasteiger partial charge in [-0.25, -0.2) is 0 Å². The van der Waals surface area contributed by atoms with Gasteiger partial charge in [0.05, 0.1) is 0 Å². The summed E-state index contributed by atoms with van der Waals surface area (Å²) in [4.78, 5) is 0. The van der Waals surface area contributed by atoms with Crippen molar-refractivity contribution in [3.05, 3.63) is 162 Å². The molecule has 52 heavy (non-hydrogen) atoms. The van der Waals surface area contributed by atoms with E-state index in [1.54, 1.807) is 22.7 Å². The van der Waals surface area contributed by atoms with Crippen molar-refractivity contribution in [3.63, 3.8) is 0 Å². The largest absolute Gasteiger partial charge is 0.151 e. The molecule has 10 rings (SSSR count). The minimum Gasteiger partial charge on any atom is -0.151 e. The highest BCUT2D eigenvalue weighted by Gasteiger charge is 2.08. The predicted octanol–water partition coefficient (Wildman–Crippen LogP) is 16.4. The number of benzene rings is 4. The van der Waals surface area contributed by atoms with E-state index >= 15 is 0 Å². The number of thiophene rings is 2. The van der Waals surface area contributed by atoms with Gasteiger partial charge in [0.15, 0.2) is 0 Å². The van der Waals surface area contributed by atoms with E-state index in [9.17, 15) is 0 Å². The maximum absolute atomic E-state index is 2.37. The lowest BCUT2D eigenvalue weighted by molar-refractivity contribution is 0.904. The van der Waals surface area contributed by atoms with Gasteiger partial charge in [-0.3, -0.25) is 0 Å². The first-order valence-corrected chi connectivity index (χ1v) is 21.5. The lowest BCUT2D eigenvalue weighted by Gasteiger charge is -2.14. The quantitative estimate of drug-likeness (QED) is 0.166. The zero-order valence-corrected chi connectivity index (χ0v) is 36.7. The Kier molecular flexibility index (Phi) is 23.2. The van der Waals surface area contributed by atoms with Crippen LogP contribution in [0.25, 0.3) is 22.3 Å². The molecule has 0 aliphatic heterocycles. The summed E-state index contributed by atoms with van der Waals surface area (Å²) >= 11 is 3.56. The van der Waals surface area contributed by atoms with Gasteiger partial charge in [0.2, 0.25) is 0 Å². The van der Waals surface area contributed by atoms with Crippen molar-refractivity contribution >= 4 is 22.7 Å². The highest BCUT2D eigenvalue weighted by atomic mass is 32.1. The fourth-order valence-corrected chi connectivity index (χ4v) is 7.67. The Labute approximate surface area is 328 Å². The van der Waals surface area contributed by atoms with E-state index in [2.05, 4.69) is 148 Å². The van der Waals surface area contributed by atoms with Crippen LogP contribution in [0.2, 0.25) is 0 Å². The van der Waals surface area contributed by atoms with E-state index in [1.807, 2.05) is 55.4 Å². The van der Waals surface area contributed by atoms with E-state index in [1.165, 1.54) is 77.9 Å². The van der Waals surface area contributed by atoms with Crippen LogP contribution in [-0.4, -0.2) is 0 Å². The van der Waals surface area contributed by atoms with Crippen molar-refractivity contribution in [1.82, 2.24) is 0 Å². The second kappa shape index (κ2) is 26.1. The lowest BCUT2D eigenvalue weighted by atomic mass is 9.92. The highest BCUT2D eigenvalue weighted by molar-refractivity contribution is 7.09. The average molecular weight is 733 g/mol. The van der Waals surface area contributed by atoms with Gasteiger partial charge < -0.3 is 0 Å². The van der Waals surface area contributed by atoms with Crippen LogP contribution in [0.1, 0.15) is 111 Å². The van der Waals surface area contributed by atoms with Crippen LogP contribution in [-0.2, 0) is 25.7 Å². The number of rotatable bonds is 2. The molecule has 0 spiro atoms. The normalized spacial score (nSPS) is 10.6. The maximum Gasteiger partial charge on any atom is -0.00116 e. The summed E-state index contributed by atoms with van der Waals surface area (Å²) in [7, 11) is 0. The molecule has 2 heteroatoms. The summed E-state index contributed by atoms with van der Waals surface area (Å²) in [6, 6.07) is 31.0. The first-order chi connectivity index (χ1) is 25.3. The molecule has 4 aromatic carbocycles. The van der Waals surface area contributed by atoms with Crippen LogP contribution < -0.4 is 0 Å². The standard InChI is InChI=1S/C18H20.C14H14.C10H10S2.4C2H6/c1-13-11-15-3-7-17(13)9-5-16-4-8-18(10-6-15)14(2)12-16;1-11-7-3-5-9-13(11)14-10-6-4-8-12(14)2;1-7-3-11-5-9(7)10-6-12-4-8(10)2;4*1-2/h3-4,7-8,11-12H,5-6,9-10H2,1-2H3;3-10H,1-2H3;3-6H,1-2H3;4*1-2H3. The minimum atomic E-state index is 1.15. The molecule has 4 aliphatic carbocycles. The molecular weight excluding hydrogens is 665 g/mol. The summed E-state index contributed by atoms with van der Waals surface area (Å²) < 4.78 is 0. The minimum absolute atomic E-state index is 1.15. The van der Waals surface area contributed by atoms with E-state index < -0.39 is 0 Å². The Morgan fingerprint density at radius 3 is 0.962 bits per heavy atom. The van der Waals surface area contributed by atoms with E-state index in [0.717, 1.165) is 25.7 Å². The van der Waals surface area contributed by atoms with E-state index in [0.29, 0.717) is 0 Å². The first kappa shape index (κ1) is 46.3. The van der Waals surface area contributed by atoms with Gasteiger partial charge in [0.1, 0.15) is 0 Å². The monoisotopic (exact) mass is 732 g/mol. The van der Waals surface area contributed by atoms with Crippen LogP contribution in [0.4, 0.5) is 0 Å². The van der Waals surface area contributed by atoms with Gasteiger partial charge in [0.25, 0.3) is 0 Å². The van der Waals surface area contributed by atoms with Gasteiger partial charge in [-0.2, -0.15) is 22.7 Å². The van der Waals surface area contributed by atoms with E-state index in [-0.39, 0.29) is 0 Å². The van der Waals surface area contributed by atoms with Crippen molar-refractivity contribution in [2.75, 3.05) is 0 Å². The fourth-order valence-electron chi connectivity index (χ4n) is 5.97. The Hall–Kier alpha value is -3.72. The molecule has 0 amide bonds. The van der Waals surface area contributed by atoms with Gasteiger partial charge in [-0.15, -0.1) is 0 Å². The van der Waals surface area contributed by atoms with Crippen LogP contribution in [0.15, 0.2) is 106 Å². The number of hydrogen-bond acceptors (Lipinski definition) is 2. The third kappa shape index (κ3) is 14.0. The molecule has 0 radical (unpaired) electrons. The Balaban J connectivity index is 0.000000361. The zero-order valence-electron chi connectivity index (χ0n) is 35.0. The lowest BCUT2D eigenvalue weighted by Crippen LogP contribution is -2.01. The van der Waals surface area contributed by atoms with Crippen LogP contribution in [0.3, 0.4) is 0 Å². The third-order valence-corrected chi connectivity index (χ3v) is 10.5. The van der Waals surface area contributed by atoms with Crippen molar-refractivity contribution in [2.24, 2.45) is 0 Å². The van der Waals surface area contributed by atoms with Crippen LogP contribution in [0.5, 0.6) is 0 Å². The van der Waals surface area contributed by atoms with Gasteiger partial charge in [0, 0.05) is 0 Å². The first-order valence-electron chi connectivity index (χ1n) is 19.6. The summed E-state index contributed by atoms with van der Waals surface area (Å²) in [5, 5.41) is 8.85. The topological polar surface area (TPSA) is 0 Å². The molecule has 0 unspecified atom stereocenters. The molecule has 0 atom stereocenters. The molecule has 2 aromatic heterocycles. The fraction of sp³-hybridized carbons (Fsp3) is 0.360. The number of hydrogen-bond donors (Lipinski definition) is 0. The molecule has 0 nitrogen and oxygen atoms in total. The molecule has 280 valence electrons. The summed E-state index contributed by atoms with van der Waals surface area (Å²) in [6.07, 6.45) is 4.62. The second-order valence-electron chi connectivity index (χ2n) is 12.1. The zero-order chi connectivity index (χ0) is 39.1. The smallest absolute Gasteiger partial charge is 0.00116 e.